The number of cyclic esters (lactones) is 1. The van der Waals surface area contributed by atoms with Crippen molar-refractivity contribution >= 4 is 93.0 Å². The van der Waals surface area contributed by atoms with Crippen LogP contribution in [0.1, 0.15) is 158 Å². The second kappa shape index (κ2) is 47.1. The number of anilines is 4. The molecular formula is C96H128N18O20. The van der Waals surface area contributed by atoms with Gasteiger partial charge in [-0.15, -0.1) is 0 Å². The maximum Gasteiger partial charge on any atom is 0.407 e. The van der Waals surface area contributed by atoms with Gasteiger partial charge in [-0.1, -0.05) is 82.4 Å². The summed E-state index contributed by atoms with van der Waals surface area (Å²) in [5.41, 5.74) is 27.8. The van der Waals surface area contributed by atoms with Crippen molar-refractivity contribution in [2.24, 2.45) is 35.3 Å². The first-order valence-corrected chi connectivity index (χ1v) is 46.4. The van der Waals surface area contributed by atoms with Crippen molar-refractivity contribution in [3.05, 3.63) is 143 Å². The molecule has 38 nitrogen and oxygen atoms in total. The molecule has 0 unspecified atom stereocenters. The number of amides is 4. The zero-order valence-electron chi connectivity index (χ0n) is 77.9. The van der Waals surface area contributed by atoms with Crippen LogP contribution in [0, 0.1) is 29.6 Å². The number of nitrogens with one attached hydrogen (secondary N) is 2. The standard InChI is InChI=1S/C96H128N18O20/c1-57-15-11-10-12-16-58(2)77(125-7)47-70-23-18-62(6)96(124,134-70)86(119)90(121)113-29-14-13-17-73(113)91(122)131-78(48-74(115)59(3)42-61(5)84(118)85(127-9)83(117)60(4)41-57)71(97)44-63-20-24-76(79(45-63)126-8)133-95(123)105-51-65-49-101-93(102-50-65)110-31-33-111(34-32-110)94-103-52-69(53-104-94)89(120)100-28-36-129-38-40-130-39-37-128-35-27-80(116)112-30-26-66-43-64(19-21-68(66)55-112)54-114-88-81(87(98)106-56-107-88)82(109-114)67-22-25-75-72(46-67)108-92(99)132-75/h10-12,15-16,19,21-22,25,42-43,46,49-50,52-53,56-57,59-60,62-63,70-71,73,76-79,84-85,118,124H,13-14,17-18,20,23-24,26-41,44-45,47-48,51,54-55,97H2,1-9H3,(H2,99,108)(H,100,120)(H,105,123)(H2,98,106,107)/b12-10?,15-11+,58-16?,61-42+/t57-,59-,60-,62-,63+,70+,71-,73+,76-,77+,78+,79-,84-,85+,96-/m1/s1. The number of alkyl carbamates (subject to hydrolysis) is 1. The summed E-state index contributed by atoms with van der Waals surface area (Å²) >= 11 is 0. The third-order valence-corrected chi connectivity index (χ3v) is 26.3. The average molecular weight is 1850 g/mol. The lowest BCUT2D eigenvalue weighted by molar-refractivity contribution is -0.265. The molecule has 0 radical (unpaired) electrons. The van der Waals surface area contributed by atoms with Crippen LogP contribution in [0.15, 0.2) is 120 Å². The molecule has 38 heteroatoms. The first-order valence-electron chi connectivity index (χ1n) is 46.4. The van der Waals surface area contributed by atoms with Crippen LogP contribution in [-0.2, 0) is 97.5 Å². The van der Waals surface area contributed by atoms with Gasteiger partial charge in [0.15, 0.2) is 17.0 Å². The number of esters is 1. The van der Waals surface area contributed by atoms with Crippen LogP contribution in [-0.4, -0.2) is 279 Å². The highest BCUT2D eigenvalue weighted by molar-refractivity contribution is 6.39. The monoisotopic (exact) mass is 1850 g/mol. The Balaban J connectivity index is 0.508. The summed E-state index contributed by atoms with van der Waals surface area (Å²) in [5, 5.41) is 35.0. The van der Waals surface area contributed by atoms with Crippen molar-refractivity contribution in [2.75, 3.05) is 128 Å². The number of ketones is 3. The van der Waals surface area contributed by atoms with E-state index < -0.39 is 108 Å². The van der Waals surface area contributed by atoms with Crippen molar-refractivity contribution in [1.82, 2.24) is 65.1 Å². The number of hydrogen-bond donors (Lipinski definition) is 7. The van der Waals surface area contributed by atoms with Gasteiger partial charge >= 0.3 is 12.1 Å². The number of aliphatic hydroxyl groups is 2. The molecule has 1 aliphatic carbocycles. The van der Waals surface area contributed by atoms with Gasteiger partial charge in [0, 0.05) is 153 Å². The maximum absolute atomic E-state index is 14.8. The number of methoxy groups -OCH3 is 3. The third-order valence-electron chi connectivity index (χ3n) is 26.3. The molecule has 134 heavy (non-hydrogen) atoms. The number of benzene rings is 2. The fraction of sp³-hybridized carbons (Fsp3) is 0.562. The minimum absolute atomic E-state index is 0.000925. The number of oxazole rings is 1. The number of ether oxygens (including phenoxy) is 9. The van der Waals surface area contributed by atoms with E-state index in [2.05, 4.69) is 57.7 Å². The van der Waals surface area contributed by atoms with E-state index in [4.69, 9.17) is 69.3 Å². The highest BCUT2D eigenvalue weighted by Gasteiger charge is 2.53. The van der Waals surface area contributed by atoms with Crippen LogP contribution < -0.4 is 37.6 Å². The summed E-state index contributed by atoms with van der Waals surface area (Å²) in [6.07, 6.45) is 16.4. The quantitative estimate of drug-likeness (QED) is 0.0113. The summed E-state index contributed by atoms with van der Waals surface area (Å²) in [7, 11) is 4.43. The van der Waals surface area contributed by atoms with Crippen LogP contribution in [0.2, 0.25) is 0 Å². The van der Waals surface area contributed by atoms with E-state index >= 15 is 0 Å². The Morgan fingerprint density at radius 1 is 0.716 bits per heavy atom. The van der Waals surface area contributed by atoms with Gasteiger partial charge in [0.1, 0.15) is 59.6 Å². The van der Waals surface area contributed by atoms with Crippen molar-refractivity contribution in [3.8, 4) is 11.3 Å². The van der Waals surface area contributed by atoms with E-state index in [1.165, 1.54) is 38.5 Å². The highest BCUT2D eigenvalue weighted by Crippen LogP contribution is 2.40. The Bertz CT molecular complexity index is 5350. The van der Waals surface area contributed by atoms with E-state index in [1.54, 1.807) is 59.3 Å². The maximum atomic E-state index is 14.8. The highest BCUT2D eigenvalue weighted by atomic mass is 16.6. The number of nitrogen functional groups attached to an aromatic ring is 2. The van der Waals surface area contributed by atoms with Crippen molar-refractivity contribution < 1.29 is 95.6 Å². The van der Waals surface area contributed by atoms with Gasteiger partial charge in [0.05, 0.1) is 81.9 Å². The lowest BCUT2D eigenvalue weighted by Crippen LogP contribution is -2.61. The summed E-state index contributed by atoms with van der Waals surface area (Å²) < 4.78 is 60.3. The van der Waals surface area contributed by atoms with E-state index in [9.17, 15) is 48.6 Å². The fourth-order valence-corrected chi connectivity index (χ4v) is 18.4. The smallest absolute Gasteiger partial charge is 0.407 e. The Kier molecular flexibility index (Phi) is 35.2. The molecule has 6 aliphatic rings. The second-order valence-corrected chi connectivity index (χ2v) is 35.9. The number of fused-ring (bicyclic) bond motifs is 6. The fourth-order valence-electron chi connectivity index (χ4n) is 18.4. The molecule has 722 valence electrons. The van der Waals surface area contributed by atoms with Crippen LogP contribution in [0.5, 0.6) is 0 Å². The minimum atomic E-state index is -2.51. The number of Topliss-reactive ketones (excluding diaryl/α,β-unsaturated/α-hetero) is 3. The van der Waals surface area contributed by atoms with Gasteiger partial charge in [0.2, 0.25) is 23.6 Å². The molecule has 4 fully saturated rings. The van der Waals surface area contributed by atoms with E-state index in [0.717, 1.165) is 27.2 Å². The first kappa shape index (κ1) is 100. The number of allylic oxidation sites excluding steroid dienone is 6. The molecule has 15 atom stereocenters. The number of nitrogens with zero attached hydrogens (tertiary/aromatic N) is 13. The average Bonchev–Trinajstić information content (AvgIpc) is 1.60. The van der Waals surface area contributed by atoms with Gasteiger partial charge in [-0.2, -0.15) is 10.1 Å². The van der Waals surface area contributed by atoms with Crippen LogP contribution >= 0.6 is 0 Å². The molecule has 5 aromatic heterocycles. The number of piperidine rings is 1. The largest absolute Gasteiger partial charge is 0.459 e. The van der Waals surface area contributed by atoms with Gasteiger partial charge in [-0.3, -0.25) is 28.8 Å². The van der Waals surface area contributed by atoms with Gasteiger partial charge in [0.25, 0.3) is 23.6 Å². The number of aliphatic hydroxyl groups excluding tert-OH is 1. The molecule has 7 aromatic rings. The van der Waals surface area contributed by atoms with Crippen LogP contribution in [0.4, 0.5) is 28.5 Å². The summed E-state index contributed by atoms with van der Waals surface area (Å²) in [6, 6.07) is 9.62. The number of rotatable bonds is 27. The molecule has 5 aliphatic heterocycles. The first-order chi connectivity index (χ1) is 64.6. The SMILES string of the molecule is CO[C@H]1C[C@@H]2CC[C@@H](C)[C@@](O)(O2)C(=O)C(=O)N2CCCC[C@H]2C(=O)O[C@H]([C@H](N)C[C@@H]2CC[C@@H](OC(=O)NCc3cnc(N4CCN(c5ncc(C(=O)NCCOCCOCCOCCC(=O)N6CCc7cc(Cn8nc(-c9ccc%10oc(N)nc%10c9)c9c(N)ncnc98)ccc7C6)cn5)CC4)nc3)[C@H](OC)C2)CC(=O)[C@H](C)/C=C(\C)[C@@H](O)[C@@H](OC)C(=O)[C@H](C)C[C@H](C)/C=C/C=CC=C1C. The molecule has 0 spiro atoms. The number of carbonyl (C=O) groups excluding carboxylic acids is 8. The Labute approximate surface area is 779 Å². The van der Waals surface area contributed by atoms with E-state index in [1.807, 2.05) is 81.8 Å². The number of hydrogen-bond acceptors (Lipinski definition) is 33. The minimum Gasteiger partial charge on any atom is -0.459 e. The summed E-state index contributed by atoms with van der Waals surface area (Å²) in [4.78, 5) is 150. The Morgan fingerprint density at radius 2 is 1.44 bits per heavy atom. The normalized spacial score (nSPS) is 26.2. The number of carbonyl (C=O) groups is 8. The molecule has 10 N–H and O–H groups in total. The molecule has 10 heterocycles. The van der Waals surface area contributed by atoms with Crippen molar-refractivity contribution in [3.63, 3.8) is 0 Å². The Morgan fingerprint density at radius 3 is 2.16 bits per heavy atom. The lowest BCUT2D eigenvalue weighted by Gasteiger charge is -2.42. The van der Waals surface area contributed by atoms with E-state index in [-0.39, 0.29) is 100 Å². The second-order valence-electron chi connectivity index (χ2n) is 35.9. The molecule has 4 amide bonds. The lowest BCUT2D eigenvalue weighted by atomic mass is 9.80. The van der Waals surface area contributed by atoms with Crippen molar-refractivity contribution in [1.29, 1.82) is 0 Å². The molecule has 13 rings (SSSR count). The number of piperazine rings is 1. The zero-order valence-corrected chi connectivity index (χ0v) is 77.9. The summed E-state index contributed by atoms with van der Waals surface area (Å²) in [6.45, 7) is 16.4. The molecule has 2 bridgehead atoms. The zero-order chi connectivity index (χ0) is 95.3. The van der Waals surface area contributed by atoms with Crippen LogP contribution in [0.3, 0.4) is 0 Å². The van der Waals surface area contributed by atoms with Crippen LogP contribution in [0.25, 0.3) is 33.4 Å². The molecular weight excluding hydrogens is 1730 g/mol. The molecule has 2 aromatic carbocycles. The predicted molar refractivity (Wildman–Crippen MR) is 495 cm³/mol. The van der Waals surface area contributed by atoms with E-state index in [0.29, 0.717) is 192 Å². The molecule has 3 saturated heterocycles. The topological polar surface area (TPSA) is 496 Å². The van der Waals surface area contributed by atoms with Gasteiger partial charge in [-0.05, 0) is 142 Å². The third kappa shape index (κ3) is 25.6. The number of nitrogens with two attached hydrogens (primary N) is 3. The van der Waals surface area contributed by atoms with Gasteiger partial charge < -0.3 is 105 Å². The number of aromatic nitrogens is 9. The van der Waals surface area contributed by atoms with Crippen molar-refractivity contribution in [2.45, 2.75) is 212 Å². The molecule has 1 saturated carbocycles. The van der Waals surface area contributed by atoms with Gasteiger partial charge in [-0.25, -0.2) is 44.2 Å². The predicted octanol–water partition coefficient (Wildman–Crippen LogP) is 7.63. The summed E-state index contributed by atoms with van der Waals surface area (Å²) in [5.74, 6) is -7.84. The Hall–Kier alpha value is -11.5.